The summed E-state index contributed by atoms with van der Waals surface area (Å²) in [4.78, 5) is 4.87. The Morgan fingerprint density at radius 3 is 2.67 bits per heavy atom. The van der Waals surface area contributed by atoms with Crippen LogP contribution in [0.3, 0.4) is 0 Å². The standard InChI is InChI=1S/C17H31N3O/c1-13-14(9-16(21-13)10-18-17(2,3)4)11-20-8-7-15(12-20)19(5)6/h9,15,18H,7-8,10-12H2,1-6H3. The number of likely N-dealkylation sites (tertiary alicyclic amines) is 1. The quantitative estimate of drug-likeness (QED) is 0.904. The van der Waals surface area contributed by atoms with E-state index in [9.17, 15) is 0 Å². The summed E-state index contributed by atoms with van der Waals surface area (Å²) in [6.45, 7) is 12.8. The van der Waals surface area contributed by atoms with Gasteiger partial charge in [-0.2, -0.15) is 0 Å². The van der Waals surface area contributed by atoms with Crippen molar-refractivity contribution < 1.29 is 4.42 Å². The first kappa shape index (κ1) is 16.5. The topological polar surface area (TPSA) is 31.7 Å². The van der Waals surface area contributed by atoms with Gasteiger partial charge in [-0.25, -0.2) is 0 Å². The molecule has 1 atom stereocenters. The molecule has 4 nitrogen and oxygen atoms in total. The number of hydrogen-bond donors (Lipinski definition) is 1. The van der Waals surface area contributed by atoms with E-state index < -0.39 is 0 Å². The van der Waals surface area contributed by atoms with E-state index in [1.807, 2.05) is 0 Å². The highest BCUT2D eigenvalue weighted by Gasteiger charge is 2.24. The Bertz CT molecular complexity index is 459. The van der Waals surface area contributed by atoms with Crippen LogP contribution in [0.5, 0.6) is 0 Å². The van der Waals surface area contributed by atoms with Crippen LogP contribution in [0.15, 0.2) is 10.5 Å². The zero-order valence-electron chi connectivity index (χ0n) is 14.5. The van der Waals surface area contributed by atoms with Crippen molar-refractivity contribution >= 4 is 0 Å². The Balaban J connectivity index is 1.91. The minimum absolute atomic E-state index is 0.120. The molecule has 2 rings (SSSR count). The third kappa shape index (κ3) is 4.83. The normalized spacial score (nSPS) is 20.6. The molecule has 0 amide bonds. The average molecular weight is 293 g/mol. The average Bonchev–Trinajstić information content (AvgIpc) is 2.95. The van der Waals surface area contributed by atoms with Gasteiger partial charge >= 0.3 is 0 Å². The van der Waals surface area contributed by atoms with Crippen molar-refractivity contribution in [3.63, 3.8) is 0 Å². The van der Waals surface area contributed by atoms with Crippen LogP contribution in [-0.2, 0) is 13.1 Å². The molecule has 1 saturated heterocycles. The van der Waals surface area contributed by atoms with Crippen LogP contribution in [0.25, 0.3) is 0 Å². The maximum atomic E-state index is 5.90. The highest BCUT2D eigenvalue weighted by molar-refractivity contribution is 5.21. The second kappa shape index (κ2) is 6.51. The lowest BCUT2D eigenvalue weighted by atomic mass is 10.1. The van der Waals surface area contributed by atoms with Gasteiger partial charge in [0.05, 0.1) is 6.54 Å². The lowest BCUT2D eigenvalue weighted by Crippen LogP contribution is -2.34. The van der Waals surface area contributed by atoms with Gasteiger partial charge in [-0.15, -0.1) is 0 Å². The molecule has 1 aliphatic heterocycles. The van der Waals surface area contributed by atoms with Crippen LogP contribution in [0, 0.1) is 6.92 Å². The van der Waals surface area contributed by atoms with Crippen LogP contribution in [0.2, 0.25) is 0 Å². The predicted octanol–water partition coefficient (Wildman–Crippen LogP) is 2.61. The third-order valence-electron chi connectivity index (χ3n) is 4.24. The van der Waals surface area contributed by atoms with Gasteiger partial charge in [0.15, 0.2) is 0 Å². The molecule has 1 aliphatic rings. The minimum Gasteiger partial charge on any atom is -0.465 e. The fourth-order valence-electron chi connectivity index (χ4n) is 2.80. The lowest BCUT2D eigenvalue weighted by molar-refractivity contribution is 0.264. The van der Waals surface area contributed by atoms with Gasteiger partial charge < -0.3 is 14.6 Å². The maximum absolute atomic E-state index is 5.90. The molecule has 1 aromatic rings. The molecule has 0 aromatic carbocycles. The van der Waals surface area contributed by atoms with Gasteiger partial charge in [-0.3, -0.25) is 4.90 Å². The summed E-state index contributed by atoms with van der Waals surface area (Å²) in [6.07, 6.45) is 1.27. The van der Waals surface area contributed by atoms with Crippen molar-refractivity contribution in [2.45, 2.75) is 58.8 Å². The number of nitrogens with one attached hydrogen (secondary N) is 1. The summed E-state index contributed by atoms with van der Waals surface area (Å²) < 4.78 is 5.90. The van der Waals surface area contributed by atoms with Gasteiger partial charge in [0.1, 0.15) is 11.5 Å². The molecule has 21 heavy (non-hydrogen) atoms. The monoisotopic (exact) mass is 293 g/mol. The predicted molar refractivity (Wildman–Crippen MR) is 87.4 cm³/mol. The van der Waals surface area contributed by atoms with Gasteiger partial charge in [0.25, 0.3) is 0 Å². The van der Waals surface area contributed by atoms with E-state index in [1.165, 1.54) is 18.5 Å². The van der Waals surface area contributed by atoms with Gasteiger partial charge in [0, 0.05) is 36.8 Å². The Morgan fingerprint density at radius 1 is 1.38 bits per heavy atom. The first-order chi connectivity index (χ1) is 9.74. The molecule has 0 radical (unpaired) electrons. The molecule has 1 fully saturated rings. The van der Waals surface area contributed by atoms with Crippen molar-refractivity contribution in [2.75, 3.05) is 27.2 Å². The molecule has 120 valence electrons. The molecule has 1 aromatic heterocycles. The van der Waals surface area contributed by atoms with Crippen molar-refractivity contribution in [3.8, 4) is 0 Å². The van der Waals surface area contributed by atoms with Crippen LogP contribution >= 0.6 is 0 Å². The van der Waals surface area contributed by atoms with E-state index >= 15 is 0 Å². The zero-order chi connectivity index (χ0) is 15.6. The van der Waals surface area contributed by atoms with E-state index in [4.69, 9.17) is 4.42 Å². The summed E-state index contributed by atoms with van der Waals surface area (Å²) in [6, 6.07) is 2.91. The summed E-state index contributed by atoms with van der Waals surface area (Å²) in [5, 5.41) is 3.48. The fourth-order valence-corrected chi connectivity index (χ4v) is 2.80. The van der Waals surface area contributed by atoms with Gasteiger partial charge in [0.2, 0.25) is 0 Å². The molecule has 1 unspecified atom stereocenters. The molecule has 0 aliphatic carbocycles. The maximum Gasteiger partial charge on any atom is 0.118 e. The Labute approximate surface area is 129 Å². The van der Waals surface area contributed by atoms with E-state index in [2.05, 4.69) is 63.0 Å². The van der Waals surface area contributed by atoms with Crippen molar-refractivity contribution in [1.82, 2.24) is 15.1 Å². The minimum atomic E-state index is 0.120. The largest absolute Gasteiger partial charge is 0.465 e. The molecule has 0 saturated carbocycles. The summed E-state index contributed by atoms with van der Waals surface area (Å²) in [7, 11) is 4.35. The molecular formula is C17H31N3O. The lowest BCUT2D eigenvalue weighted by Gasteiger charge is -2.20. The summed E-state index contributed by atoms with van der Waals surface area (Å²) >= 11 is 0. The number of hydrogen-bond acceptors (Lipinski definition) is 4. The number of nitrogens with zero attached hydrogens (tertiary/aromatic N) is 2. The fraction of sp³-hybridized carbons (Fsp3) is 0.765. The number of furan rings is 1. The van der Waals surface area contributed by atoms with Gasteiger partial charge in [-0.1, -0.05) is 0 Å². The van der Waals surface area contributed by atoms with E-state index in [1.54, 1.807) is 0 Å². The molecular weight excluding hydrogens is 262 g/mol. The van der Waals surface area contributed by atoms with Crippen LogP contribution in [0.1, 0.15) is 44.3 Å². The third-order valence-corrected chi connectivity index (χ3v) is 4.24. The first-order valence-corrected chi connectivity index (χ1v) is 7.96. The number of rotatable bonds is 5. The highest BCUT2D eigenvalue weighted by atomic mass is 16.3. The smallest absolute Gasteiger partial charge is 0.118 e. The second-order valence-corrected chi connectivity index (χ2v) is 7.54. The zero-order valence-corrected chi connectivity index (χ0v) is 14.5. The van der Waals surface area contributed by atoms with Crippen molar-refractivity contribution in [2.24, 2.45) is 0 Å². The first-order valence-electron chi connectivity index (χ1n) is 7.96. The van der Waals surface area contributed by atoms with E-state index in [0.717, 1.165) is 31.2 Å². The van der Waals surface area contributed by atoms with Crippen molar-refractivity contribution in [1.29, 1.82) is 0 Å². The highest BCUT2D eigenvalue weighted by Crippen LogP contribution is 2.21. The Kier molecular flexibility index (Phi) is 5.12. The Morgan fingerprint density at radius 2 is 2.10 bits per heavy atom. The van der Waals surface area contributed by atoms with Crippen LogP contribution in [-0.4, -0.2) is 48.6 Å². The molecule has 0 spiro atoms. The number of likely N-dealkylation sites (N-methyl/N-ethyl adjacent to an activating group) is 1. The second-order valence-electron chi connectivity index (χ2n) is 7.54. The molecule has 1 N–H and O–H groups in total. The van der Waals surface area contributed by atoms with E-state index in [0.29, 0.717) is 6.04 Å². The molecule has 0 bridgehead atoms. The van der Waals surface area contributed by atoms with Crippen molar-refractivity contribution in [3.05, 3.63) is 23.2 Å². The number of aryl methyl sites for hydroxylation is 1. The molecule has 4 heteroatoms. The summed E-state index contributed by atoms with van der Waals surface area (Å²) in [5.41, 5.74) is 1.45. The Hall–Kier alpha value is -0.840. The van der Waals surface area contributed by atoms with Gasteiger partial charge in [-0.05, 0) is 54.3 Å². The SMILES string of the molecule is Cc1oc(CNC(C)(C)C)cc1CN1CCC(N(C)C)C1. The van der Waals surface area contributed by atoms with Crippen LogP contribution < -0.4 is 5.32 Å². The molecule has 2 heterocycles. The van der Waals surface area contributed by atoms with E-state index in [-0.39, 0.29) is 5.54 Å². The summed E-state index contributed by atoms with van der Waals surface area (Å²) in [5.74, 6) is 2.11. The van der Waals surface area contributed by atoms with Crippen LogP contribution in [0.4, 0.5) is 0 Å².